The summed E-state index contributed by atoms with van der Waals surface area (Å²) in [5, 5.41) is 12.6. The maximum absolute atomic E-state index is 14.6. The number of pyridine rings is 2. The van der Waals surface area contributed by atoms with E-state index in [1.165, 1.54) is 6.07 Å². The molecule has 0 fully saturated rings. The van der Waals surface area contributed by atoms with Crippen LogP contribution in [0.4, 0.5) is 4.39 Å². The molecule has 41 heavy (non-hydrogen) atoms. The first-order valence-corrected chi connectivity index (χ1v) is 13.1. The molecule has 0 unspecified atom stereocenters. The molecule has 200 valence electrons. The van der Waals surface area contributed by atoms with Gasteiger partial charge in [0.25, 0.3) is 0 Å². The quantitative estimate of drug-likeness (QED) is 0.171. The van der Waals surface area contributed by atoms with Crippen LogP contribution >= 0.6 is 0 Å². The van der Waals surface area contributed by atoms with Gasteiger partial charge in [-0.25, -0.2) is 9.37 Å². The molecule has 0 aliphatic heterocycles. The van der Waals surface area contributed by atoms with E-state index in [2.05, 4.69) is 49.7 Å². The van der Waals surface area contributed by atoms with Gasteiger partial charge in [0.1, 0.15) is 11.5 Å². The van der Waals surface area contributed by atoms with Crippen molar-refractivity contribution in [1.82, 2.24) is 30.5 Å². The average molecular weight is 539 g/mol. The first kappa shape index (κ1) is 25.7. The molecule has 0 saturated carbocycles. The Bertz CT molecular complexity index is 1980. The number of fused-ring (bicyclic) bond motifs is 2. The largest absolute Gasteiger partial charge is 0.356 e. The minimum absolute atomic E-state index is 0.318. The lowest BCUT2D eigenvalue weighted by molar-refractivity contribution is 0.631. The highest BCUT2D eigenvalue weighted by Crippen LogP contribution is 2.34. The van der Waals surface area contributed by atoms with Crippen LogP contribution in [0.5, 0.6) is 0 Å². The summed E-state index contributed by atoms with van der Waals surface area (Å²) in [7, 11) is 0. The van der Waals surface area contributed by atoms with Crippen LogP contribution in [0.2, 0.25) is 0 Å². The molecule has 7 heteroatoms. The third kappa shape index (κ3) is 4.96. The average Bonchev–Trinajstić information content (AvgIpc) is 3.63. The van der Waals surface area contributed by atoms with Crippen LogP contribution in [0.1, 0.15) is 18.1 Å². The molecule has 6 nitrogen and oxygen atoms in total. The van der Waals surface area contributed by atoms with Crippen molar-refractivity contribution in [3.8, 4) is 22.6 Å². The Morgan fingerprint density at radius 2 is 1.73 bits per heavy atom. The first-order valence-electron chi connectivity index (χ1n) is 13.1. The number of allylic oxidation sites excluding steroid dienone is 4. The van der Waals surface area contributed by atoms with Gasteiger partial charge in [0.2, 0.25) is 0 Å². The fourth-order valence-electron chi connectivity index (χ4n) is 4.85. The Kier molecular flexibility index (Phi) is 6.83. The normalized spacial score (nSPS) is 12.1. The number of rotatable bonds is 8. The monoisotopic (exact) mass is 538 g/mol. The van der Waals surface area contributed by atoms with E-state index in [9.17, 15) is 4.39 Å². The second kappa shape index (κ2) is 10.9. The lowest BCUT2D eigenvalue weighted by Gasteiger charge is -2.12. The zero-order valence-corrected chi connectivity index (χ0v) is 22.4. The second-order valence-electron chi connectivity index (χ2n) is 9.49. The number of nitrogens with zero attached hydrogens (tertiary/aromatic N) is 3. The Morgan fingerprint density at radius 1 is 0.927 bits per heavy atom. The molecular formula is C34H27FN6. The highest BCUT2D eigenvalue weighted by Gasteiger charge is 2.17. The third-order valence-corrected chi connectivity index (χ3v) is 6.94. The summed E-state index contributed by atoms with van der Waals surface area (Å²) in [5.41, 5.74) is 8.47. The number of H-pyrrole nitrogens is 2. The van der Waals surface area contributed by atoms with Crippen molar-refractivity contribution in [3.63, 3.8) is 0 Å². The van der Waals surface area contributed by atoms with E-state index >= 15 is 0 Å². The molecule has 0 aliphatic rings. The summed E-state index contributed by atoms with van der Waals surface area (Å²) in [5.74, 6) is -0.318. The van der Waals surface area contributed by atoms with E-state index in [-0.39, 0.29) is 5.82 Å². The van der Waals surface area contributed by atoms with E-state index in [1.54, 1.807) is 30.5 Å². The molecule has 2 aromatic carbocycles. The summed E-state index contributed by atoms with van der Waals surface area (Å²) < 4.78 is 14.6. The van der Waals surface area contributed by atoms with E-state index in [0.717, 1.165) is 50.1 Å². The van der Waals surface area contributed by atoms with Gasteiger partial charge in [0, 0.05) is 51.2 Å². The lowest BCUT2D eigenvalue weighted by atomic mass is 10.0. The van der Waals surface area contributed by atoms with Crippen LogP contribution in [-0.4, -0.2) is 25.1 Å². The van der Waals surface area contributed by atoms with Gasteiger partial charge in [-0.1, -0.05) is 61.7 Å². The van der Waals surface area contributed by atoms with Crippen LogP contribution in [-0.2, 0) is 0 Å². The van der Waals surface area contributed by atoms with Gasteiger partial charge in [-0.2, -0.15) is 5.10 Å². The zero-order valence-electron chi connectivity index (χ0n) is 22.4. The highest BCUT2D eigenvalue weighted by molar-refractivity contribution is 6.00. The Labute approximate surface area is 236 Å². The smallest absolute Gasteiger partial charge is 0.155 e. The first-order chi connectivity index (χ1) is 20.1. The summed E-state index contributed by atoms with van der Waals surface area (Å²) in [6.07, 6.45) is 9.29. The Balaban J connectivity index is 1.37. The molecule has 0 spiro atoms. The van der Waals surface area contributed by atoms with Crippen molar-refractivity contribution < 1.29 is 4.39 Å². The van der Waals surface area contributed by atoms with E-state index < -0.39 is 0 Å². The molecule has 0 radical (unpaired) electrons. The molecule has 0 aliphatic carbocycles. The van der Waals surface area contributed by atoms with Gasteiger partial charge < -0.3 is 10.3 Å². The van der Waals surface area contributed by atoms with E-state index in [0.29, 0.717) is 22.6 Å². The molecule has 0 amide bonds. The van der Waals surface area contributed by atoms with Crippen molar-refractivity contribution in [2.45, 2.75) is 6.92 Å². The second-order valence-corrected chi connectivity index (χ2v) is 9.49. The molecule has 0 atom stereocenters. The number of hydrogen-bond acceptors (Lipinski definition) is 4. The fraction of sp³-hybridized carbons (Fsp3) is 0.0294. The molecule has 6 rings (SSSR count). The number of aromatic amines is 2. The molecule has 4 aromatic heterocycles. The summed E-state index contributed by atoms with van der Waals surface area (Å²) in [6, 6.07) is 22.5. The number of hydrogen-bond donors (Lipinski definition) is 3. The summed E-state index contributed by atoms with van der Waals surface area (Å²) in [6.45, 7) is 10.1. The number of halogens is 1. The molecule has 4 heterocycles. The van der Waals surface area contributed by atoms with Crippen LogP contribution in [0.15, 0.2) is 122 Å². The van der Waals surface area contributed by atoms with Gasteiger partial charge in [-0.3, -0.25) is 10.1 Å². The summed E-state index contributed by atoms with van der Waals surface area (Å²) >= 11 is 0. The van der Waals surface area contributed by atoms with Gasteiger partial charge in [0.05, 0.1) is 11.4 Å². The third-order valence-electron chi connectivity index (χ3n) is 6.94. The van der Waals surface area contributed by atoms with Crippen LogP contribution in [0, 0.1) is 5.82 Å². The van der Waals surface area contributed by atoms with Gasteiger partial charge >= 0.3 is 0 Å². The van der Waals surface area contributed by atoms with Gasteiger partial charge in [-0.15, -0.1) is 0 Å². The van der Waals surface area contributed by atoms with Crippen LogP contribution < -0.4 is 5.32 Å². The van der Waals surface area contributed by atoms with Crippen molar-refractivity contribution in [2.75, 3.05) is 0 Å². The molecule has 3 N–H and O–H groups in total. The Hall–Kier alpha value is -5.56. The molecule has 0 bridgehead atoms. The number of nitrogens with one attached hydrogen (secondary N) is 3. The zero-order chi connectivity index (χ0) is 28.3. The maximum Gasteiger partial charge on any atom is 0.155 e. The number of benzene rings is 2. The minimum Gasteiger partial charge on any atom is -0.356 e. The predicted molar refractivity (Wildman–Crippen MR) is 165 cm³/mol. The van der Waals surface area contributed by atoms with Gasteiger partial charge in [-0.05, 0) is 60.5 Å². The molecule has 0 saturated heterocycles. The van der Waals surface area contributed by atoms with E-state index in [1.807, 2.05) is 67.7 Å². The van der Waals surface area contributed by atoms with Crippen molar-refractivity contribution >= 4 is 33.2 Å². The highest BCUT2D eigenvalue weighted by atomic mass is 19.1. The topological polar surface area (TPSA) is 82.3 Å². The SMILES string of the molecule is C=C/C(=C\C(=C/C)c1cnc2[nH]nc(-c3cc4c(-c5ccccc5F)nccc4[nH]3)c2c1)NC(=C)c1ccccc1. The molecular weight excluding hydrogens is 511 g/mol. The van der Waals surface area contributed by atoms with E-state index in [4.69, 9.17) is 0 Å². The maximum atomic E-state index is 14.6. The predicted octanol–water partition coefficient (Wildman–Crippen LogP) is 8.04. The van der Waals surface area contributed by atoms with Crippen molar-refractivity contribution in [1.29, 1.82) is 0 Å². The van der Waals surface area contributed by atoms with Crippen molar-refractivity contribution in [2.24, 2.45) is 0 Å². The van der Waals surface area contributed by atoms with Crippen LogP contribution in [0.3, 0.4) is 0 Å². The van der Waals surface area contributed by atoms with Crippen LogP contribution in [0.25, 0.3) is 55.9 Å². The van der Waals surface area contributed by atoms with Crippen molar-refractivity contribution in [3.05, 3.63) is 139 Å². The Morgan fingerprint density at radius 3 is 2.51 bits per heavy atom. The summed E-state index contributed by atoms with van der Waals surface area (Å²) in [4.78, 5) is 12.6. The minimum atomic E-state index is -0.318. The standard InChI is InChI=1S/C34H27FN6/c1-4-22(17-25(5-2)38-21(3)23-11-7-6-8-12-23)24-18-28-33(40-41-34(28)37-20-24)31-19-27-30(39-31)15-16-36-32(27)26-13-9-10-14-29(26)35/h4-20,38-39H,2-3H2,1H3,(H,37,40,41)/b22-4+,25-17+. The van der Waals surface area contributed by atoms with Gasteiger partial charge in [0.15, 0.2) is 5.65 Å². The lowest BCUT2D eigenvalue weighted by Crippen LogP contribution is -2.09. The fourth-order valence-corrected chi connectivity index (χ4v) is 4.85. The molecule has 6 aromatic rings. The number of aromatic nitrogens is 5.